The number of piperazine rings is 1. The SMILES string of the molecule is O=C(CN1CCN(C(=O)c2cc(Cl)ccc2F)CC1)OCc1ccccc1. The minimum atomic E-state index is -0.587. The number of halogens is 2. The maximum Gasteiger partial charge on any atom is 0.320 e. The van der Waals surface area contributed by atoms with E-state index in [2.05, 4.69) is 0 Å². The van der Waals surface area contributed by atoms with Gasteiger partial charge in [0.2, 0.25) is 0 Å². The van der Waals surface area contributed by atoms with Crippen LogP contribution in [0.2, 0.25) is 5.02 Å². The van der Waals surface area contributed by atoms with Crippen LogP contribution in [-0.2, 0) is 16.1 Å². The van der Waals surface area contributed by atoms with Crippen LogP contribution in [0.3, 0.4) is 0 Å². The van der Waals surface area contributed by atoms with E-state index in [1.54, 1.807) is 4.90 Å². The summed E-state index contributed by atoms with van der Waals surface area (Å²) in [5.74, 6) is -1.28. The number of amides is 1. The van der Waals surface area contributed by atoms with Gasteiger partial charge in [-0.25, -0.2) is 4.39 Å². The molecule has 142 valence electrons. The predicted octanol–water partition coefficient (Wildman–Crippen LogP) is 2.98. The lowest BCUT2D eigenvalue weighted by Gasteiger charge is -2.34. The number of nitrogens with zero attached hydrogens (tertiary/aromatic N) is 2. The van der Waals surface area contributed by atoms with Gasteiger partial charge in [-0.15, -0.1) is 0 Å². The van der Waals surface area contributed by atoms with E-state index in [9.17, 15) is 14.0 Å². The van der Waals surface area contributed by atoms with Gasteiger partial charge in [0.05, 0.1) is 12.1 Å². The third kappa shape index (κ3) is 5.28. The average molecular weight is 391 g/mol. The lowest BCUT2D eigenvalue weighted by Crippen LogP contribution is -2.50. The highest BCUT2D eigenvalue weighted by atomic mass is 35.5. The van der Waals surface area contributed by atoms with E-state index in [1.165, 1.54) is 18.2 Å². The van der Waals surface area contributed by atoms with Crippen LogP contribution < -0.4 is 0 Å². The van der Waals surface area contributed by atoms with Crippen molar-refractivity contribution in [2.45, 2.75) is 6.61 Å². The molecule has 1 fully saturated rings. The van der Waals surface area contributed by atoms with Gasteiger partial charge in [0.15, 0.2) is 0 Å². The van der Waals surface area contributed by atoms with Crippen LogP contribution in [0.4, 0.5) is 4.39 Å². The zero-order valence-corrected chi connectivity index (χ0v) is 15.5. The number of hydrogen-bond acceptors (Lipinski definition) is 4. The smallest absolute Gasteiger partial charge is 0.320 e. The molecule has 0 aromatic heterocycles. The van der Waals surface area contributed by atoms with Gasteiger partial charge in [-0.05, 0) is 23.8 Å². The molecule has 1 heterocycles. The monoisotopic (exact) mass is 390 g/mol. The molecule has 0 unspecified atom stereocenters. The Labute approximate surface area is 162 Å². The lowest BCUT2D eigenvalue weighted by atomic mass is 10.1. The van der Waals surface area contributed by atoms with E-state index in [0.29, 0.717) is 31.2 Å². The average Bonchev–Trinajstić information content (AvgIpc) is 2.69. The molecule has 2 aromatic rings. The number of hydrogen-bond donors (Lipinski definition) is 0. The van der Waals surface area contributed by atoms with E-state index < -0.39 is 5.82 Å². The molecule has 7 heteroatoms. The highest BCUT2D eigenvalue weighted by Gasteiger charge is 2.25. The summed E-state index contributed by atoms with van der Waals surface area (Å²) in [5.41, 5.74) is 0.906. The fourth-order valence-electron chi connectivity index (χ4n) is 2.91. The van der Waals surface area contributed by atoms with Crippen LogP contribution in [-0.4, -0.2) is 54.4 Å². The van der Waals surface area contributed by atoms with Crippen LogP contribution in [0.1, 0.15) is 15.9 Å². The van der Waals surface area contributed by atoms with Gasteiger partial charge in [0.1, 0.15) is 12.4 Å². The van der Waals surface area contributed by atoms with Crippen LogP contribution in [0.5, 0.6) is 0 Å². The second-order valence-electron chi connectivity index (χ2n) is 6.34. The Morgan fingerprint density at radius 2 is 1.74 bits per heavy atom. The quantitative estimate of drug-likeness (QED) is 0.736. The maximum atomic E-state index is 13.9. The molecule has 0 saturated carbocycles. The topological polar surface area (TPSA) is 49.9 Å². The van der Waals surface area contributed by atoms with Gasteiger partial charge in [-0.3, -0.25) is 14.5 Å². The van der Waals surface area contributed by atoms with Gasteiger partial charge in [-0.1, -0.05) is 41.9 Å². The van der Waals surface area contributed by atoms with Crippen molar-refractivity contribution in [2.75, 3.05) is 32.7 Å². The molecule has 0 radical (unpaired) electrons. The summed E-state index contributed by atoms with van der Waals surface area (Å²) in [7, 11) is 0. The van der Waals surface area contributed by atoms with Crippen LogP contribution in [0.25, 0.3) is 0 Å². The van der Waals surface area contributed by atoms with Gasteiger partial charge in [0, 0.05) is 31.2 Å². The van der Waals surface area contributed by atoms with Crippen LogP contribution in [0.15, 0.2) is 48.5 Å². The molecule has 1 aliphatic heterocycles. The second kappa shape index (κ2) is 8.97. The molecule has 0 bridgehead atoms. The minimum Gasteiger partial charge on any atom is -0.460 e. The molecular weight excluding hydrogens is 371 g/mol. The maximum absolute atomic E-state index is 13.9. The Hall–Kier alpha value is -2.44. The van der Waals surface area contributed by atoms with Crippen molar-refractivity contribution in [3.05, 3.63) is 70.5 Å². The Kier molecular flexibility index (Phi) is 6.42. The minimum absolute atomic E-state index is 0.0294. The zero-order chi connectivity index (χ0) is 19.2. The molecule has 0 atom stereocenters. The number of rotatable bonds is 5. The van der Waals surface area contributed by atoms with E-state index in [1.807, 2.05) is 35.2 Å². The molecule has 0 aliphatic carbocycles. The largest absolute Gasteiger partial charge is 0.460 e. The van der Waals surface area contributed by atoms with Crippen LogP contribution >= 0.6 is 11.6 Å². The summed E-state index contributed by atoms with van der Waals surface area (Å²) in [5, 5.41) is 0.319. The second-order valence-corrected chi connectivity index (χ2v) is 6.78. The Morgan fingerprint density at radius 1 is 1.04 bits per heavy atom. The van der Waals surface area contributed by atoms with E-state index >= 15 is 0 Å². The van der Waals surface area contributed by atoms with Crippen molar-refractivity contribution in [3.63, 3.8) is 0 Å². The van der Waals surface area contributed by atoms with Gasteiger partial charge in [-0.2, -0.15) is 0 Å². The zero-order valence-electron chi connectivity index (χ0n) is 14.7. The molecule has 1 aliphatic rings. The molecular formula is C20H20ClFN2O3. The first-order valence-corrected chi connectivity index (χ1v) is 9.07. The highest BCUT2D eigenvalue weighted by molar-refractivity contribution is 6.31. The van der Waals surface area contributed by atoms with Gasteiger partial charge < -0.3 is 9.64 Å². The van der Waals surface area contributed by atoms with E-state index in [4.69, 9.17) is 16.3 Å². The molecule has 5 nitrogen and oxygen atoms in total. The van der Waals surface area contributed by atoms with Crippen molar-refractivity contribution in [1.29, 1.82) is 0 Å². The third-order valence-electron chi connectivity index (χ3n) is 4.41. The van der Waals surface area contributed by atoms with Crippen molar-refractivity contribution >= 4 is 23.5 Å². The molecule has 0 spiro atoms. The summed E-state index contributed by atoms with van der Waals surface area (Å²) in [6, 6.07) is 13.4. The first kappa shape index (κ1) is 19.3. The first-order chi connectivity index (χ1) is 13.0. The Morgan fingerprint density at radius 3 is 2.44 bits per heavy atom. The molecule has 1 saturated heterocycles. The molecule has 3 rings (SSSR count). The van der Waals surface area contributed by atoms with Crippen molar-refractivity contribution in [2.24, 2.45) is 0 Å². The number of carbonyl (C=O) groups excluding carboxylic acids is 2. The summed E-state index contributed by atoms with van der Waals surface area (Å²) in [6.07, 6.45) is 0. The molecule has 1 amide bonds. The molecule has 27 heavy (non-hydrogen) atoms. The number of ether oxygens (including phenoxy) is 1. The molecule has 2 aromatic carbocycles. The number of esters is 1. The number of benzene rings is 2. The van der Waals surface area contributed by atoms with Crippen LogP contribution in [0, 0.1) is 5.82 Å². The number of carbonyl (C=O) groups is 2. The Bertz CT molecular complexity index is 808. The molecule has 0 N–H and O–H groups in total. The van der Waals surface area contributed by atoms with E-state index in [-0.39, 0.29) is 30.6 Å². The first-order valence-electron chi connectivity index (χ1n) is 8.69. The fourth-order valence-corrected chi connectivity index (χ4v) is 3.08. The third-order valence-corrected chi connectivity index (χ3v) is 4.65. The lowest BCUT2D eigenvalue weighted by molar-refractivity contribution is -0.146. The standard InChI is InChI=1S/C20H20ClFN2O3/c21-16-6-7-18(22)17(12-16)20(26)24-10-8-23(9-11-24)13-19(25)27-14-15-4-2-1-3-5-15/h1-7,12H,8-11,13-14H2. The summed E-state index contributed by atoms with van der Waals surface area (Å²) in [6.45, 7) is 2.28. The predicted molar refractivity (Wildman–Crippen MR) is 100.0 cm³/mol. The van der Waals surface area contributed by atoms with Crippen molar-refractivity contribution < 1.29 is 18.7 Å². The van der Waals surface area contributed by atoms with Crippen molar-refractivity contribution in [1.82, 2.24) is 9.80 Å². The fraction of sp³-hybridized carbons (Fsp3) is 0.300. The summed E-state index contributed by atoms with van der Waals surface area (Å²) in [4.78, 5) is 28.0. The summed E-state index contributed by atoms with van der Waals surface area (Å²) < 4.78 is 19.1. The highest BCUT2D eigenvalue weighted by Crippen LogP contribution is 2.17. The normalized spacial score (nSPS) is 14.8. The van der Waals surface area contributed by atoms with Crippen molar-refractivity contribution in [3.8, 4) is 0 Å². The van der Waals surface area contributed by atoms with E-state index in [0.717, 1.165) is 5.56 Å². The van der Waals surface area contributed by atoms with Gasteiger partial charge >= 0.3 is 5.97 Å². The summed E-state index contributed by atoms with van der Waals surface area (Å²) >= 11 is 5.86. The Balaban J connectivity index is 1.46. The van der Waals surface area contributed by atoms with Gasteiger partial charge in [0.25, 0.3) is 5.91 Å².